The van der Waals surface area contributed by atoms with Gasteiger partial charge in [0, 0.05) is 6.42 Å². The molecular weight excluding hydrogens is 448 g/mol. The highest BCUT2D eigenvalue weighted by atomic mass is 16.5. The Balaban J connectivity index is 2.00. The van der Waals surface area contributed by atoms with Crippen LogP contribution in [-0.2, 0) is 36.8 Å². The molecule has 0 saturated heterocycles. The number of aromatic hydroxyl groups is 4. The van der Waals surface area contributed by atoms with Gasteiger partial charge in [-0.25, -0.2) is 4.79 Å². The van der Waals surface area contributed by atoms with Gasteiger partial charge in [-0.05, 0) is 48.7 Å². The van der Waals surface area contributed by atoms with E-state index in [9.17, 15) is 39.6 Å². The molecule has 2 amide bonds. The maximum atomic E-state index is 12.4. The summed E-state index contributed by atoms with van der Waals surface area (Å²) >= 11 is 0. The number of carbonyl (C=O) groups is 4. The van der Waals surface area contributed by atoms with Crippen LogP contribution < -0.4 is 10.6 Å². The van der Waals surface area contributed by atoms with Crippen LogP contribution in [0.15, 0.2) is 36.4 Å². The first-order chi connectivity index (χ1) is 16.0. The second-order valence-corrected chi connectivity index (χ2v) is 7.61. The Morgan fingerprint density at radius 2 is 1.21 bits per heavy atom. The second kappa shape index (κ2) is 11.5. The predicted octanol–water partition coefficient (Wildman–Crippen LogP) is 0.416. The fourth-order valence-corrected chi connectivity index (χ4v) is 3.13. The Kier molecular flexibility index (Phi) is 8.82. The van der Waals surface area contributed by atoms with E-state index in [0.717, 1.165) is 7.11 Å². The Hall–Kier alpha value is -4.28. The van der Waals surface area contributed by atoms with E-state index in [-0.39, 0.29) is 35.9 Å². The number of ketones is 1. The Morgan fingerprint density at radius 3 is 1.62 bits per heavy atom. The number of hydrogen-bond acceptors (Lipinski definition) is 9. The quantitative estimate of drug-likeness (QED) is 0.161. The monoisotopic (exact) mass is 474 g/mol. The molecule has 11 heteroatoms. The number of esters is 1. The predicted molar refractivity (Wildman–Crippen MR) is 118 cm³/mol. The SMILES string of the molecule is COC(=O)C(Cc1ccc(O)c(O)c1)NC(=O)CC(=O)NC(Cc1ccc(O)c(O)c1)C(C)=O. The minimum Gasteiger partial charge on any atom is -0.504 e. The van der Waals surface area contributed by atoms with Gasteiger partial charge in [-0.3, -0.25) is 14.4 Å². The van der Waals surface area contributed by atoms with Crippen molar-refractivity contribution >= 4 is 23.6 Å². The van der Waals surface area contributed by atoms with Crippen LogP contribution in [0.25, 0.3) is 0 Å². The fraction of sp³-hybridized carbons (Fsp3) is 0.304. The molecule has 2 atom stereocenters. The molecule has 34 heavy (non-hydrogen) atoms. The van der Waals surface area contributed by atoms with Gasteiger partial charge in [0.2, 0.25) is 11.8 Å². The molecule has 182 valence electrons. The van der Waals surface area contributed by atoms with Crippen molar-refractivity contribution in [1.82, 2.24) is 10.6 Å². The molecule has 11 nitrogen and oxygen atoms in total. The lowest BCUT2D eigenvalue weighted by Gasteiger charge is -2.18. The number of methoxy groups -OCH3 is 1. The topological polar surface area (TPSA) is 182 Å². The molecule has 0 spiro atoms. The Labute approximate surface area is 195 Å². The smallest absolute Gasteiger partial charge is 0.328 e. The average Bonchev–Trinajstić information content (AvgIpc) is 2.77. The van der Waals surface area contributed by atoms with Gasteiger partial charge in [0.05, 0.1) is 13.2 Å². The van der Waals surface area contributed by atoms with E-state index in [2.05, 4.69) is 15.4 Å². The van der Waals surface area contributed by atoms with Gasteiger partial charge < -0.3 is 35.8 Å². The van der Waals surface area contributed by atoms with E-state index in [1.165, 1.54) is 43.3 Å². The van der Waals surface area contributed by atoms with Crippen LogP contribution >= 0.6 is 0 Å². The first-order valence-corrected chi connectivity index (χ1v) is 10.2. The van der Waals surface area contributed by atoms with Crippen LogP contribution in [-0.4, -0.2) is 63.2 Å². The Morgan fingerprint density at radius 1 is 0.765 bits per heavy atom. The summed E-state index contributed by atoms with van der Waals surface area (Å²) in [7, 11) is 1.13. The lowest BCUT2D eigenvalue weighted by atomic mass is 10.0. The van der Waals surface area contributed by atoms with Crippen LogP contribution in [0.4, 0.5) is 0 Å². The van der Waals surface area contributed by atoms with Gasteiger partial charge in [0.15, 0.2) is 28.8 Å². The third-order valence-electron chi connectivity index (χ3n) is 4.93. The van der Waals surface area contributed by atoms with Crippen molar-refractivity contribution in [2.45, 2.75) is 38.3 Å². The molecule has 6 N–H and O–H groups in total. The summed E-state index contributed by atoms with van der Waals surface area (Å²) < 4.78 is 4.68. The number of carbonyl (C=O) groups excluding carboxylic acids is 4. The molecular formula is C23H26N2O9. The number of hydrogen-bond donors (Lipinski definition) is 6. The first kappa shape index (κ1) is 26.0. The van der Waals surface area contributed by atoms with Gasteiger partial charge in [0.1, 0.15) is 12.5 Å². The van der Waals surface area contributed by atoms with Gasteiger partial charge in [-0.1, -0.05) is 12.1 Å². The van der Waals surface area contributed by atoms with E-state index in [4.69, 9.17) is 0 Å². The largest absolute Gasteiger partial charge is 0.504 e. The minimum absolute atomic E-state index is 0.0195. The van der Waals surface area contributed by atoms with Crippen molar-refractivity contribution in [2.75, 3.05) is 7.11 Å². The molecule has 0 bridgehead atoms. The molecule has 0 aliphatic rings. The highest BCUT2D eigenvalue weighted by molar-refractivity contribution is 6.00. The molecule has 0 aliphatic heterocycles. The molecule has 0 heterocycles. The molecule has 0 radical (unpaired) electrons. The van der Waals surface area contributed by atoms with Gasteiger partial charge in [0.25, 0.3) is 0 Å². The number of phenolic OH excluding ortho intramolecular Hbond substituents is 4. The summed E-state index contributed by atoms with van der Waals surface area (Å²) in [5, 5.41) is 42.8. The third kappa shape index (κ3) is 7.40. The number of Topliss-reactive ketones (excluding diaryl/α,β-unsaturated/α-hetero) is 1. The van der Waals surface area contributed by atoms with Crippen molar-refractivity contribution < 1.29 is 44.3 Å². The number of amides is 2. The lowest BCUT2D eigenvalue weighted by Crippen LogP contribution is -2.46. The van der Waals surface area contributed by atoms with Crippen LogP contribution in [0.2, 0.25) is 0 Å². The zero-order valence-electron chi connectivity index (χ0n) is 18.6. The molecule has 2 unspecified atom stereocenters. The number of benzene rings is 2. The molecule has 0 aliphatic carbocycles. The summed E-state index contributed by atoms with van der Waals surface area (Å²) in [6, 6.07) is 5.73. The van der Waals surface area contributed by atoms with E-state index in [1.807, 2.05) is 0 Å². The number of rotatable bonds is 10. The average molecular weight is 474 g/mol. The normalized spacial score (nSPS) is 12.3. The molecule has 2 rings (SSSR count). The summed E-state index contributed by atoms with van der Waals surface area (Å²) in [5.41, 5.74) is 0.896. The minimum atomic E-state index is -1.17. The second-order valence-electron chi connectivity index (χ2n) is 7.61. The standard InChI is InChI=1S/C23H26N2O9/c1-12(26)15(7-13-3-5-17(27)19(29)9-13)24-21(31)11-22(32)25-16(23(33)34-2)8-14-4-6-18(28)20(30)10-14/h3-6,9-10,15-16,27-30H,7-8,11H2,1-2H3,(H,24,31)(H,25,32). The molecule has 0 saturated carbocycles. The zero-order valence-corrected chi connectivity index (χ0v) is 18.6. The molecule has 0 aromatic heterocycles. The van der Waals surface area contributed by atoms with Crippen molar-refractivity contribution in [2.24, 2.45) is 0 Å². The van der Waals surface area contributed by atoms with Crippen LogP contribution in [0.3, 0.4) is 0 Å². The van der Waals surface area contributed by atoms with Gasteiger partial charge in [-0.15, -0.1) is 0 Å². The Bertz CT molecular complexity index is 1080. The maximum Gasteiger partial charge on any atom is 0.328 e. The molecule has 0 fully saturated rings. The summed E-state index contributed by atoms with van der Waals surface area (Å²) in [6.45, 7) is 1.26. The number of phenols is 4. The number of ether oxygens (including phenoxy) is 1. The van der Waals surface area contributed by atoms with Crippen LogP contribution in [0.1, 0.15) is 24.5 Å². The first-order valence-electron chi connectivity index (χ1n) is 10.2. The van der Waals surface area contributed by atoms with E-state index in [0.29, 0.717) is 11.1 Å². The van der Waals surface area contributed by atoms with Crippen molar-refractivity contribution in [1.29, 1.82) is 0 Å². The molecule has 2 aromatic rings. The van der Waals surface area contributed by atoms with Crippen molar-refractivity contribution in [3.63, 3.8) is 0 Å². The summed E-state index contributed by atoms with van der Waals surface area (Å²) in [6.07, 6.45) is -0.737. The highest BCUT2D eigenvalue weighted by Crippen LogP contribution is 2.26. The van der Waals surface area contributed by atoms with E-state index >= 15 is 0 Å². The fourth-order valence-electron chi connectivity index (χ4n) is 3.13. The zero-order chi connectivity index (χ0) is 25.4. The summed E-state index contributed by atoms with van der Waals surface area (Å²) in [5.74, 6) is -4.19. The molecule has 2 aromatic carbocycles. The maximum absolute atomic E-state index is 12.4. The summed E-state index contributed by atoms with van der Waals surface area (Å²) in [4.78, 5) is 48.8. The lowest BCUT2D eigenvalue weighted by molar-refractivity contribution is -0.145. The highest BCUT2D eigenvalue weighted by Gasteiger charge is 2.25. The number of nitrogens with one attached hydrogen (secondary N) is 2. The van der Waals surface area contributed by atoms with Crippen molar-refractivity contribution in [3.05, 3.63) is 47.5 Å². The van der Waals surface area contributed by atoms with Crippen molar-refractivity contribution in [3.8, 4) is 23.0 Å². The van der Waals surface area contributed by atoms with Crippen LogP contribution in [0.5, 0.6) is 23.0 Å². The van der Waals surface area contributed by atoms with E-state index < -0.39 is 42.0 Å². The third-order valence-corrected chi connectivity index (χ3v) is 4.93. The van der Waals surface area contributed by atoms with Gasteiger partial charge >= 0.3 is 5.97 Å². The van der Waals surface area contributed by atoms with E-state index in [1.54, 1.807) is 0 Å². The van der Waals surface area contributed by atoms with Crippen LogP contribution in [0, 0.1) is 0 Å². The van der Waals surface area contributed by atoms with Gasteiger partial charge in [-0.2, -0.15) is 0 Å².